The third-order valence-electron chi connectivity index (χ3n) is 4.83. The zero-order valence-corrected chi connectivity index (χ0v) is 15.5. The van der Waals surface area contributed by atoms with E-state index in [1.807, 2.05) is 0 Å². The summed E-state index contributed by atoms with van der Waals surface area (Å²) >= 11 is 0. The molecule has 0 atom stereocenters. The van der Waals surface area contributed by atoms with E-state index < -0.39 is 22.4 Å². The van der Waals surface area contributed by atoms with Crippen LogP contribution < -0.4 is 10.2 Å². The molecule has 2 aromatic rings. The molecule has 29 heavy (non-hydrogen) atoms. The van der Waals surface area contributed by atoms with Crippen molar-refractivity contribution >= 4 is 17.3 Å². The second kappa shape index (κ2) is 8.10. The number of nitro groups is 1. The Kier molecular flexibility index (Phi) is 5.76. The van der Waals surface area contributed by atoms with E-state index in [1.165, 1.54) is 0 Å². The second-order valence-corrected chi connectivity index (χ2v) is 6.87. The molecule has 1 aliphatic heterocycles. The molecule has 1 N–H and O–H groups in total. The highest BCUT2D eigenvalue weighted by Gasteiger charge is 2.34. The van der Waals surface area contributed by atoms with Gasteiger partial charge in [-0.2, -0.15) is 13.2 Å². The van der Waals surface area contributed by atoms with Crippen molar-refractivity contribution < 1.29 is 27.4 Å². The normalized spacial score (nSPS) is 15.4. The highest BCUT2D eigenvalue weighted by atomic mass is 19.4. The molecule has 1 fully saturated rings. The van der Waals surface area contributed by atoms with Crippen LogP contribution in [0.3, 0.4) is 0 Å². The van der Waals surface area contributed by atoms with Crippen LogP contribution in [0.15, 0.2) is 28.8 Å². The molecule has 0 bridgehead atoms. The van der Waals surface area contributed by atoms with Crippen molar-refractivity contribution in [1.29, 1.82) is 0 Å². The molecule has 8 nitrogen and oxygen atoms in total. The third kappa shape index (κ3) is 4.84. The molecule has 1 aromatic heterocycles. The molecule has 0 radical (unpaired) electrons. The molecule has 0 spiro atoms. The van der Waals surface area contributed by atoms with Crippen molar-refractivity contribution in [3.8, 4) is 0 Å². The molecule has 1 saturated heterocycles. The molecule has 0 aliphatic carbocycles. The first-order chi connectivity index (χ1) is 13.6. The van der Waals surface area contributed by atoms with Crippen molar-refractivity contribution in [3.63, 3.8) is 0 Å². The highest BCUT2D eigenvalue weighted by Crippen LogP contribution is 2.37. The van der Waals surface area contributed by atoms with E-state index in [9.17, 15) is 28.1 Å². The number of benzene rings is 1. The number of amides is 1. The first-order valence-corrected chi connectivity index (χ1v) is 8.95. The predicted molar refractivity (Wildman–Crippen MR) is 96.1 cm³/mol. The van der Waals surface area contributed by atoms with Gasteiger partial charge in [-0.25, -0.2) is 0 Å². The maximum Gasteiger partial charge on any atom is 0.416 e. The first kappa shape index (κ1) is 20.6. The molecule has 156 valence electrons. The van der Waals surface area contributed by atoms with E-state index in [0.717, 1.165) is 12.1 Å². The van der Waals surface area contributed by atoms with Gasteiger partial charge in [0.15, 0.2) is 0 Å². The van der Waals surface area contributed by atoms with Crippen molar-refractivity contribution in [2.24, 2.45) is 5.92 Å². The summed E-state index contributed by atoms with van der Waals surface area (Å²) in [4.78, 5) is 24.4. The standard InChI is InChI=1S/C18H19F3N4O4/c1-11-8-14(23-29-11)10-22-17(26)12-4-6-24(7-5-12)15-3-2-13(18(19,20)21)9-16(15)25(27)28/h2-3,8-9,12H,4-7,10H2,1H3,(H,22,26). The van der Waals surface area contributed by atoms with Gasteiger partial charge in [-0.15, -0.1) is 0 Å². The fraction of sp³-hybridized carbons (Fsp3) is 0.444. The largest absolute Gasteiger partial charge is 0.416 e. The quantitative estimate of drug-likeness (QED) is 0.596. The lowest BCUT2D eigenvalue weighted by atomic mass is 9.95. The minimum absolute atomic E-state index is 0.125. The number of halogens is 3. The van der Waals surface area contributed by atoms with Crippen molar-refractivity contribution in [3.05, 3.63) is 51.4 Å². The minimum atomic E-state index is -4.66. The van der Waals surface area contributed by atoms with Crippen LogP contribution in [0, 0.1) is 23.0 Å². The summed E-state index contributed by atoms with van der Waals surface area (Å²) in [6.45, 7) is 2.63. The Labute approximate surface area is 163 Å². The minimum Gasteiger partial charge on any atom is -0.366 e. The van der Waals surface area contributed by atoms with E-state index in [4.69, 9.17) is 4.52 Å². The second-order valence-electron chi connectivity index (χ2n) is 6.87. The van der Waals surface area contributed by atoms with Crippen LogP contribution in [0.5, 0.6) is 0 Å². The Balaban J connectivity index is 1.62. The molecule has 11 heteroatoms. The van der Waals surface area contributed by atoms with Gasteiger partial charge in [-0.3, -0.25) is 14.9 Å². The topological polar surface area (TPSA) is 102 Å². The molecular weight excluding hydrogens is 393 g/mol. The Morgan fingerprint density at radius 2 is 2.03 bits per heavy atom. The first-order valence-electron chi connectivity index (χ1n) is 8.95. The van der Waals surface area contributed by atoms with Gasteiger partial charge in [0.2, 0.25) is 5.91 Å². The molecular formula is C18H19F3N4O4. The number of nitro benzene ring substituents is 1. The summed E-state index contributed by atoms with van der Waals surface area (Å²) in [5.74, 6) is 0.195. The summed E-state index contributed by atoms with van der Waals surface area (Å²) in [6.07, 6.45) is -3.79. The molecule has 1 aliphatic rings. The van der Waals surface area contributed by atoms with Gasteiger partial charge in [-0.1, -0.05) is 5.16 Å². The molecule has 1 amide bonds. The lowest BCUT2D eigenvalue weighted by Gasteiger charge is -2.32. The highest BCUT2D eigenvalue weighted by molar-refractivity contribution is 5.79. The van der Waals surface area contributed by atoms with Gasteiger partial charge >= 0.3 is 6.18 Å². The lowest BCUT2D eigenvalue weighted by molar-refractivity contribution is -0.384. The zero-order valence-electron chi connectivity index (χ0n) is 15.5. The number of carbonyl (C=O) groups excluding carboxylic acids is 1. The van der Waals surface area contributed by atoms with Gasteiger partial charge < -0.3 is 14.7 Å². The number of piperidine rings is 1. The van der Waals surface area contributed by atoms with Crippen LogP contribution in [-0.2, 0) is 17.5 Å². The van der Waals surface area contributed by atoms with Crippen molar-refractivity contribution in [2.75, 3.05) is 18.0 Å². The number of aryl methyl sites for hydroxylation is 1. The van der Waals surface area contributed by atoms with Crippen LogP contribution in [0.2, 0.25) is 0 Å². The maximum atomic E-state index is 12.9. The fourth-order valence-electron chi connectivity index (χ4n) is 3.32. The van der Waals surface area contributed by atoms with E-state index in [2.05, 4.69) is 10.5 Å². The fourth-order valence-corrected chi connectivity index (χ4v) is 3.32. The molecule has 3 rings (SSSR count). The van der Waals surface area contributed by atoms with Crippen LogP contribution >= 0.6 is 0 Å². The number of anilines is 1. The Bertz CT molecular complexity index is 905. The van der Waals surface area contributed by atoms with E-state index in [-0.39, 0.29) is 24.1 Å². The number of hydrogen-bond acceptors (Lipinski definition) is 6. The summed E-state index contributed by atoms with van der Waals surface area (Å²) in [5.41, 5.74) is -0.928. The predicted octanol–water partition coefficient (Wildman–Crippen LogP) is 3.44. The molecule has 2 heterocycles. The van der Waals surface area contributed by atoms with Crippen molar-refractivity contribution in [1.82, 2.24) is 10.5 Å². The van der Waals surface area contributed by atoms with Crippen LogP contribution in [0.25, 0.3) is 0 Å². The average molecular weight is 412 g/mol. The van der Waals surface area contributed by atoms with Gasteiger partial charge in [0.25, 0.3) is 5.69 Å². The monoisotopic (exact) mass is 412 g/mol. The number of nitrogens with zero attached hydrogens (tertiary/aromatic N) is 3. The summed E-state index contributed by atoms with van der Waals surface area (Å²) in [5, 5.41) is 17.8. The van der Waals surface area contributed by atoms with E-state index >= 15 is 0 Å². The van der Waals surface area contributed by atoms with Crippen LogP contribution in [0.1, 0.15) is 29.9 Å². The zero-order chi connectivity index (χ0) is 21.2. The third-order valence-corrected chi connectivity index (χ3v) is 4.83. The van der Waals surface area contributed by atoms with E-state index in [0.29, 0.717) is 43.5 Å². The molecule has 0 unspecified atom stereocenters. The maximum absolute atomic E-state index is 12.9. The Morgan fingerprint density at radius 3 is 2.59 bits per heavy atom. The summed E-state index contributed by atoms with van der Waals surface area (Å²) < 4.78 is 43.5. The van der Waals surface area contributed by atoms with Crippen LogP contribution in [-0.4, -0.2) is 29.1 Å². The summed E-state index contributed by atoms with van der Waals surface area (Å²) in [7, 11) is 0. The summed E-state index contributed by atoms with van der Waals surface area (Å²) in [6, 6.07) is 4.22. The van der Waals surface area contributed by atoms with Crippen LogP contribution in [0.4, 0.5) is 24.5 Å². The average Bonchev–Trinajstić information content (AvgIpc) is 3.10. The smallest absolute Gasteiger partial charge is 0.366 e. The van der Waals surface area contributed by atoms with Gasteiger partial charge in [-0.05, 0) is 31.9 Å². The number of aromatic nitrogens is 1. The van der Waals surface area contributed by atoms with Gasteiger partial charge in [0, 0.05) is 31.1 Å². The number of hydrogen-bond donors (Lipinski definition) is 1. The molecule has 1 aromatic carbocycles. The number of alkyl halides is 3. The SMILES string of the molecule is Cc1cc(CNC(=O)C2CCN(c3ccc(C(F)(F)F)cc3[N+](=O)[O-])CC2)no1. The lowest BCUT2D eigenvalue weighted by Crippen LogP contribution is -2.40. The van der Waals surface area contributed by atoms with Gasteiger partial charge in [0.1, 0.15) is 17.1 Å². The Morgan fingerprint density at radius 1 is 1.34 bits per heavy atom. The number of carbonyl (C=O) groups is 1. The van der Waals surface area contributed by atoms with Crippen molar-refractivity contribution in [2.45, 2.75) is 32.5 Å². The van der Waals surface area contributed by atoms with E-state index in [1.54, 1.807) is 17.9 Å². The Hall–Kier alpha value is -3.11. The number of rotatable bonds is 5. The number of nitrogens with one attached hydrogen (secondary N) is 1. The molecule has 0 saturated carbocycles. The van der Waals surface area contributed by atoms with Gasteiger partial charge in [0.05, 0.1) is 17.0 Å².